The minimum Gasteiger partial charge on any atom is -0.460 e. The summed E-state index contributed by atoms with van der Waals surface area (Å²) in [5, 5.41) is 3.61. The Bertz CT molecular complexity index is 317. The molecule has 0 bridgehead atoms. The van der Waals surface area contributed by atoms with Gasteiger partial charge < -0.3 is 4.74 Å². The van der Waals surface area contributed by atoms with Gasteiger partial charge in [0, 0.05) is 17.9 Å². The smallest absolute Gasteiger partial charge is 0.306 e. The molecule has 0 heterocycles. The van der Waals surface area contributed by atoms with Crippen LogP contribution in [0.3, 0.4) is 0 Å². The summed E-state index contributed by atoms with van der Waals surface area (Å²) < 4.78 is 5.32. The van der Waals surface area contributed by atoms with Crippen molar-refractivity contribution in [2.45, 2.75) is 65.9 Å². The number of hydrogen-bond acceptors (Lipinski definition) is 3. The van der Waals surface area contributed by atoms with Gasteiger partial charge in [-0.1, -0.05) is 31.8 Å². The molecule has 0 saturated carbocycles. The number of nitrogens with zero attached hydrogens (tertiary/aromatic N) is 3. The Morgan fingerprint density at radius 3 is 2.53 bits per heavy atom. The van der Waals surface area contributed by atoms with Crippen molar-refractivity contribution in [3.63, 3.8) is 0 Å². The van der Waals surface area contributed by atoms with E-state index in [1.165, 1.54) is 0 Å². The van der Waals surface area contributed by atoms with Crippen LogP contribution >= 0.6 is 0 Å². The lowest BCUT2D eigenvalue weighted by atomic mass is 9.90. The molecular formula is C14H27N3O2. The van der Waals surface area contributed by atoms with Crippen molar-refractivity contribution < 1.29 is 9.53 Å². The molecule has 0 fully saturated rings. The van der Waals surface area contributed by atoms with Crippen LogP contribution in [0.2, 0.25) is 0 Å². The van der Waals surface area contributed by atoms with Gasteiger partial charge in [-0.3, -0.25) is 4.79 Å². The standard InChI is InChI=1S/C14H27N3O2/c1-6-7-11(2)8-12(10-16-17-15)9-13(18)19-14(3,4)5/h11-12H,6-10H2,1-5H3/t11-,12+/m1/s1. The van der Waals surface area contributed by atoms with Gasteiger partial charge in [-0.25, -0.2) is 0 Å². The van der Waals surface area contributed by atoms with E-state index in [2.05, 4.69) is 23.9 Å². The fourth-order valence-electron chi connectivity index (χ4n) is 2.17. The number of esters is 1. The predicted octanol–water partition coefficient (Wildman–Crippen LogP) is 4.47. The molecule has 5 nitrogen and oxygen atoms in total. The molecule has 0 aliphatic rings. The molecule has 0 radical (unpaired) electrons. The van der Waals surface area contributed by atoms with Crippen LogP contribution in [-0.2, 0) is 9.53 Å². The number of azide groups is 1. The summed E-state index contributed by atoms with van der Waals surface area (Å²) in [6.07, 6.45) is 3.47. The van der Waals surface area contributed by atoms with Crippen molar-refractivity contribution in [2.75, 3.05) is 6.54 Å². The van der Waals surface area contributed by atoms with E-state index in [0.29, 0.717) is 18.9 Å². The second kappa shape index (κ2) is 8.81. The van der Waals surface area contributed by atoms with Crippen LogP contribution in [0.1, 0.15) is 60.3 Å². The summed E-state index contributed by atoms with van der Waals surface area (Å²) in [7, 11) is 0. The topological polar surface area (TPSA) is 75.1 Å². The summed E-state index contributed by atoms with van der Waals surface area (Å²) >= 11 is 0. The van der Waals surface area contributed by atoms with Gasteiger partial charge in [0.1, 0.15) is 5.60 Å². The van der Waals surface area contributed by atoms with Crippen LogP contribution in [-0.4, -0.2) is 18.1 Å². The van der Waals surface area contributed by atoms with Crippen molar-refractivity contribution in [2.24, 2.45) is 17.0 Å². The minimum absolute atomic E-state index is 0.0762. The maximum absolute atomic E-state index is 11.8. The summed E-state index contributed by atoms with van der Waals surface area (Å²) in [5.74, 6) is 0.396. The average Bonchev–Trinajstić information content (AvgIpc) is 2.23. The maximum atomic E-state index is 11.8. The lowest BCUT2D eigenvalue weighted by Gasteiger charge is -2.23. The zero-order valence-corrected chi connectivity index (χ0v) is 12.8. The minimum atomic E-state index is -0.463. The van der Waals surface area contributed by atoms with Gasteiger partial charge in [-0.15, -0.1) is 0 Å². The Morgan fingerprint density at radius 1 is 1.42 bits per heavy atom. The zero-order valence-electron chi connectivity index (χ0n) is 12.8. The second-order valence-corrected chi connectivity index (χ2v) is 6.20. The normalized spacial score (nSPS) is 14.4. The molecule has 19 heavy (non-hydrogen) atoms. The Kier molecular flexibility index (Phi) is 8.24. The van der Waals surface area contributed by atoms with Crippen LogP contribution in [0.25, 0.3) is 10.4 Å². The molecular weight excluding hydrogens is 242 g/mol. The van der Waals surface area contributed by atoms with E-state index in [1.54, 1.807) is 0 Å². The Labute approximate surface area is 116 Å². The highest BCUT2D eigenvalue weighted by Crippen LogP contribution is 2.21. The van der Waals surface area contributed by atoms with Gasteiger partial charge in [-0.05, 0) is 44.6 Å². The van der Waals surface area contributed by atoms with Crippen molar-refractivity contribution in [1.29, 1.82) is 0 Å². The molecule has 0 aromatic rings. The molecule has 0 aromatic carbocycles. The van der Waals surface area contributed by atoms with Crippen molar-refractivity contribution in [3.05, 3.63) is 10.4 Å². The quantitative estimate of drug-likeness (QED) is 0.282. The molecule has 0 saturated heterocycles. The maximum Gasteiger partial charge on any atom is 0.306 e. The van der Waals surface area contributed by atoms with Gasteiger partial charge in [0.2, 0.25) is 0 Å². The van der Waals surface area contributed by atoms with Gasteiger partial charge in [0.15, 0.2) is 0 Å². The molecule has 0 rings (SSSR count). The van der Waals surface area contributed by atoms with E-state index >= 15 is 0 Å². The van der Waals surface area contributed by atoms with Gasteiger partial charge in [-0.2, -0.15) is 0 Å². The van der Waals surface area contributed by atoms with E-state index in [4.69, 9.17) is 10.3 Å². The third-order valence-electron chi connectivity index (χ3n) is 2.80. The molecule has 0 amide bonds. The summed E-state index contributed by atoms with van der Waals surface area (Å²) in [4.78, 5) is 14.6. The second-order valence-electron chi connectivity index (χ2n) is 6.20. The lowest BCUT2D eigenvalue weighted by molar-refractivity contribution is -0.156. The molecule has 0 N–H and O–H groups in total. The molecule has 0 aliphatic heterocycles. The first-order valence-electron chi connectivity index (χ1n) is 7.01. The Hall–Kier alpha value is -1.22. The molecule has 5 heteroatoms. The monoisotopic (exact) mass is 269 g/mol. The number of hydrogen-bond donors (Lipinski definition) is 0. The predicted molar refractivity (Wildman–Crippen MR) is 76.7 cm³/mol. The first-order chi connectivity index (χ1) is 8.78. The third kappa shape index (κ3) is 10.4. The first-order valence-corrected chi connectivity index (χ1v) is 7.01. The van der Waals surface area contributed by atoms with E-state index in [1.807, 2.05) is 20.8 Å². The fourth-order valence-corrected chi connectivity index (χ4v) is 2.17. The highest BCUT2D eigenvalue weighted by Gasteiger charge is 2.21. The molecule has 110 valence electrons. The van der Waals surface area contributed by atoms with E-state index in [-0.39, 0.29) is 11.9 Å². The highest BCUT2D eigenvalue weighted by atomic mass is 16.6. The van der Waals surface area contributed by atoms with Crippen molar-refractivity contribution in [3.8, 4) is 0 Å². The Morgan fingerprint density at radius 2 is 2.05 bits per heavy atom. The fraction of sp³-hybridized carbons (Fsp3) is 0.929. The van der Waals surface area contributed by atoms with Crippen LogP contribution in [0.4, 0.5) is 0 Å². The number of carbonyl (C=O) groups excluding carboxylic acids is 1. The van der Waals surface area contributed by atoms with Gasteiger partial charge in [0.05, 0.1) is 0 Å². The number of carbonyl (C=O) groups is 1. The zero-order chi connectivity index (χ0) is 14.9. The van der Waals surface area contributed by atoms with E-state index in [9.17, 15) is 4.79 Å². The average molecular weight is 269 g/mol. The molecule has 2 atom stereocenters. The largest absolute Gasteiger partial charge is 0.460 e. The molecule has 0 aliphatic carbocycles. The number of rotatable bonds is 8. The van der Waals surface area contributed by atoms with Crippen molar-refractivity contribution in [1.82, 2.24) is 0 Å². The Balaban J connectivity index is 4.41. The molecule has 0 spiro atoms. The molecule has 0 unspecified atom stereocenters. The SMILES string of the molecule is CCC[C@@H](C)C[C@H](CN=[N+]=[N-])CC(=O)OC(C)(C)C. The lowest BCUT2D eigenvalue weighted by Crippen LogP contribution is -2.26. The van der Waals surface area contributed by atoms with Gasteiger partial charge >= 0.3 is 5.97 Å². The first kappa shape index (κ1) is 17.8. The third-order valence-corrected chi connectivity index (χ3v) is 2.80. The summed E-state index contributed by atoms with van der Waals surface area (Å²) in [6.45, 7) is 10.2. The van der Waals surface area contributed by atoms with Gasteiger partial charge in [0.25, 0.3) is 0 Å². The summed E-state index contributed by atoms with van der Waals surface area (Å²) in [6, 6.07) is 0. The van der Waals surface area contributed by atoms with E-state index < -0.39 is 5.60 Å². The number of ether oxygens (including phenoxy) is 1. The highest BCUT2D eigenvalue weighted by molar-refractivity contribution is 5.70. The van der Waals surface area contributed by atoms with Crippen LogP contribution in [0.5, 0.6) is 0 Å². The van der Waals surface area contributed by atoms with Crippen molar-refractivity contribution >= 4 is 5.97 Å². The van der Waals surface area contributed by atoms with Crippen LogP contribution in [0.15, 0.2) is 5.11 Å². The van der Waals surface area contributed by atoms with Crippen LogP contribution < -0.4 is 0 Å². The van der Waals surface area contributed by atoms with Crippen LogP contribution in [0, 0.1) is 11.8 Å². The summed E-state index contributed by atoms with van der Waals surface area (Å²) in [5.41, 5.74) is 7.95. The van der Waals surface area contributed by atoms with E-state index in [0.717, 1.165) is 19.3 Å². The molecule has 0 aromatic heterocycles.